The summed E-state index contributed by atoms with van der Waals surface area (Å²) in [7, 11) is -3.48. The molecule has 1 unspecified atom stereocenters. The maximum absolute atomic E-state index is 12.4. The molecule has 0 amide bonds. The SMILES string of the molecule is CC(N)c1cccc(S(=O)(=O)NC(C)(C)C2CC2)c1. The Kier molecular flexibility index (Phi) is 3.73. The van der Waals surface area contributed by atoms with Crippen molar-refractivity contribution < 1.29 is 8.42 Å². The fourth-order valence-electron chi connectivity index (χ4n) is 2.26. The largest absolute Gasteiger partial charge is 0.324 e. The normalized spacial score (nSPS) is 18.3. The lowest BCUT2D eigenvalue weighted by Crippen LogP contribution is -2.45. The Morgan fingerprint density at radius 1 is 1.37 bits per heavy atom. The van der Waals surface area contributed by atoms with Crippen molar-refractivity contribution >= 4 is 10.0 Å². The van der Waals surface area contributed by atoms with Crippen molar-refractivity contribution in [3.63, 3.8) is 0 Å². The summed E-state index contributed by atoms with van der Waals surface area (Å²) in [5.74, 6) is 0.443. The fraction of sp³-hybridized carbons (Fsp3) is 0.571. The van der Waals surface area contributed by atoms with Crippen LogP contribution in [0.15, 0.2) is 29.2 Å². The zero-order valence-electron chi connectivity index (χ0n) is 11.7. The molecule has 4 nitrogen and oxygen atoms in total. The predicted octanol–water partition coefficient (Wildman–Crippen LogP) is 2.17. The molecule has 0 aliphatic heterocycles. The Balaban J connectivity index is 2.26. The molecular formula is C14H22N2O2S. The number of benzene rings is 1. The molecule has 1 aliphatic carbocycles. The molecule has 2 rings (SSSR count). The first-order valence-corrected chi connectivity index (χ1v) is 8.10. The fourth-order valence-corrected chi connectivity index (χ4v) is 3.78. The number of nitrogens with two attached hydrogens (primary N) is 1. The van der Waals surface area contributed by atoms with Crippen molar-refractivity contribution in [2.24, 2.45) is 11.7 Å². The highest BCUT2D eigenvalue weighted by Crippen LogP contribution is 2.39. The van der Waals surface area contributed by atoms with Crippen LogP contribution >= 0.6 is 0 Å². The van der Waals surface area contributed by atoms with Crippen LogP contribution in [-0.4, -0.2) is 14.0 Å². The van der Waals surface area contributed by atoms with E-state index in [-0.39, 0.29) is 16.5 Å². The third-order valence-electron chi connectivity index (χ3n) is 3.69. The minimum Gasteiger partial charge on any atom is -0.324 e. The van der Waals surface area contributed by atoms with Crippen molar-refractivity contribution in [2.75, 3.05) is 0 Å². The summed E-state index contributed by atoms with van der Waals surface area (Å²) in [5.41, 5.74) is 6.24. The summed E-state index contributed by atoms with van der Waals surface area (Å²) in [6.45, 7) is 5.72. The van der Waals surface area contributed by atoms with Gasteiger partial charge in [0.2, 0.25) is 10.0 Å². The van der Waals surface area contributed by atoms with E-state index in [1.165, 1.54) is 0 Å². The van der Waals surface area contributed by atoms with Crippen LogP contribution in [0.2, 0.25) is 0 Å². The van der Waals surface area contributed by atoms with Gasteiger partial charge in [0.25, 0.3) is 0 Å². The summed E-state index contributed by atoms with van der Waals surface area (Å²) in [6.07, 6.45) is 2.19. The van der Waals surface area contributed by atoms with E-state index in [0.29, 0.717) is 5.92 Å². The van der Waals surface area contributed by atoms with Gasteiger partial charge in [0, 0.05) is 11.6 Å². The average Bonchev–Trinajstić information content (AvgIpc) is 3.11. The Morgan fingerprint density at radius 2 is 2.00 bits per heavy atom. The zero-order chi connectivity index (χ0) is 14.3. The third kappa shape index (κ3) is 3.35. The maximum Gasteiger partial charge on any atom is 0.241 e. The second kappa shape index (κ2) is 4.89. The van der Waals surface area contributed by atoms with Crippen LogP contribution in [0.3, 0.4) is 0 Å². The van der Waals surface area contributed by atoms with Gasteiger partial charge in [-0.1, -0.05) is 12.1 Å². The van der Waals surface area contributed by atoms with Gasteiger partial charge in [-0.05, 0) is 57.2 Å². The van der Waals surface area contributed by atoms with Gasteiger partial charge in [-0.2, -0.15) is 0 Å². The quantitative estimate of drug-likeness (QED) is 0.869. The van der Waals surface area contributed by atoms with Crippen LogP contribution in [-0.2, 0) is 10.0 Å². The maximum atomic E-state index is 12.4. The van der Waals surface area contributed by atoms with Crippen molar-refractivity contribution in [3.05, 3.63) is 29.8 Å². The van der Waals surface area contributed by atoms with Crippen LogP contribution in [0.25, 0.3) is 0 Å². The van der Waals surface area contributed by atoms with E-state index in [1.807, 2.05) is 26.8 Å². The topological polar surface area (TPSA) is 72.2 Å². The Morgan fingerprint density at radius 3 is 2.53 bits per heavy atom. The number of sulfonamides is 1. The molecule has 1 aromatic carbocycles. The molecule has 1 aliphatic rings. The molecule has 0 heterocycles. The third-order valence-corrected chi connectivity index (χ3v) is 5.36. The predicted molar refractivity (Wildman–Crippen MR) is 76.2 cm³/mol. The van der Waals surface area contributed by atoms with E-state index in [1.54, 1.807) is 18.2 Å². The molecule has 5 heteroatoms. The van der Waals surface area contributed by atoms with Gasteiger partial charge in [-0.25, -0.2) is 13.1 Å². The lowest BCUT2D eigenvalue weighted by Gasteiger charge is -2.26. The molecule has 106 valence electrons. The van der Waals surface area contributed by atoms with Gasteiger partial charge >= 0.3 is 0 Å². The van der Waals surface area contributed by atoms with Crippen molar-refractivity contribution in [3.8, 4) is 0 Å². The first-order chi connectivity index (χ1) is 8.72. The monoisotopic (exact) mass is 282 g/mol. The molecule has 0 saturated heterocycles. The molecular weight excluding hydrogens is 260 g/mol. The van der Waals surface area contributed by atoms with Gasteiger partial charge in [-0.15, -0.1) is 0 Å². The van der Waals surface area contributed by atoms with Crippen LogP contribution in [0.1, 0.15) is 45.2 Å². The lowest BCUT2D eigenvalue weighted by molar-refractivity contribution is 0.400. The number of hydrogen-bond donors (Lipinski definition) is 2. The second-order valence-electron chi connectivity index (χ2n) is 5.96. The van der Waals surface area contributed by atoms with E-state index in [9.17, 15) is 8.42 Å². The molecule has 19 heavy (non-hydrogen) atoms. The van der Waals surface area contributed by atoms with Gasteiger partial charge in [-0.3, -0.25) is 0 Å². The van der Waals surface area contributed by atoms with Crippen molar-refractivity contribution in [2.45, 2.75) is 50.1 Å². The Bertz CT molecular complexity index is 561. The second-order valence-corrected chi connectivity index (χ2v) is 7.65. The first kappa shape index (κ1) is 14.5. The van der Waals surface area contributed by atoms with Crippen molar-refractivity contribution in [1.82, 2.24) is 4.72 Å². The standard InChI is InChI=1S/C14H22N2O2S/c1-10(15)11-5-4-6-13(9-11)19(17,18)16-14(2,3)12-7-8-12/h4-6,9-10,12,16H,7-8,15H2,1-3H3. The molecule has 0 aromatic heterocycles. The summed E-state index contributed by atoms with van der Waals surface area (Å²) in [6, 6.07) is 6.66. The minimum atomic E-state index is -3.48. The first-order valence-electron chi connectivity index (χ1n) is 6.62. The molecule has 1 atom stereocenters. The smallest absolute Gasteiger partial charge is 0.241 e. The minimum absolute atomic E-state index is 0.174. The van der Waals surface area contributed by atoms with Crippen LogP contribution in [0, 0.1) is 5.92 Å². The highest BCUT2D eigenvalue weighted by molar-refractivity contribution is 7.89. The number of hydrogen-bond acceptors (Lipinski definition) is 3. The summed E-state index contributed by atoms with van der Waals surface area (Å²) < 4.78 is 27.6. The zero-order valence-corrected chi connectivity index (χ0v) is 12.5. The van der Waals surface area contributed by atoms with Gasteiger partial charge in [0.15, 0.2) is 0 Å². The van der Waals surface area contributed by atoms with Crippen LogP contribution in [0.5, 0.6) is 0 Å². The number of nitrogens with one attached hydrogen (secondary N) is 1. The Labute approximate surface area is 115 Å². The van der Waals surface area contributed by atoms with E-state index in [2.05, 4.69) is 4.72 Å². The molecule has 1 aromatic rings. The van der Waals surface area contributed by atoms with Crippen LogP contribution in [0.4, 0.5) is 0 Å². The van der Waals surface area contributed by atoms with Crippen molar-refractivity contribution in [1.29, 1.82) is 0 Å². The van der Waals surface area contributed by atoms with E-state index < -0.39 is 10.0 Å². The van der Waals surface area contributed by atoms with Gasteiger partial charge < -0.3 is 5.73 Å². The van der Waals surface area contributed by atoms with E-state index in [0.717, 1.165) is 18.4 Å². The molecule has 3 N–H and O–H groups in total. The average molecular weight is 282 g/mol. The lowest BCUT2D eigenvalue weighted by atomic mass is 10.0. The molecule has 0 radical (unpaired) electrons. The Hall–Kier alpha value is -0.910. The molecule has 0 bridgehead atoms. The van der Waals surface area contributed by atoms with E-state index >= 15 is 0 Å². The highest BCUT2D eigenvalue weighted by atomic mass is 32.2. The summed E-state index contributed by atoms with van der Waals surface area (Å²) >= 11 is 0. The summed E-state index contributed by atoms with van der Waals surface area (Å²) in [4.78, 5) is 0.288. The summed E-state index contributed by atoms with van der Waals surface area (Å²) in [5, 5.41) is 0. The highest BCUT2D eigenvalue weighted by Gasteiger charge is 2.40. The van der Waals surface area contributed by atoms with Gasteiger partial charge in [0.05, 0.1) is 4.90 Å². The van der Waals surface area contributed by atoms with Gasteiger partial charge in [0.1, 0.15) is 0 Å². The van der Waals surface area contributed by atoms with E-state index in [4.69, 9.17) is 5.73 Å². The van der Waals surface area contributed by atoms with Crippen LogP contribution < -0.4 is 10.5 Å². The number of rotatable bonds is 5. The molecule has 1 fully saturated rings. The molecule has 1 saturated carbocycles. The molecule has 0 spiro atoms.